The summed E-state index contributed by atoms with van der Waals surface area (Å²) in [6, 6.07) is 4.03. The molecule has 0 radical (unpaired) electrons. The number of thiophene rings is 1. The SMILES string of the molecule is CCNC(=NCC(C)(C)c1cccs1)NCCC(F)(F)F.I. The number of hydrogen-bond donors (Lipinski definition) is 2. The van der Waals surface area contributed by atoms with E-state index in [0.717, 1.165) is 0 Å². The average Bonchev–Trinajstić information content (AvgIpc) is 2.89. The summed E-state index contributed by atoms with van der Waals surface area (Å²) < 4.78 is 36.5. The summed E-state index contributed by atoms with van der Waals surface area (Å²) in [6.07, 6.45) is -5.02. The van der Waals surface area contributed by atoms with Gasteiger partial charge in [0, 0.05) is 23.4 Å². The Labute approximate surface area is 150 Å². The number of guanidine groups is 1. The molecule has 0 aliphatic rings. The van der Waals surface area contributed by atoms with Gasteiger partial charge in [-0.1, -0.05) is 19.9 Å². The molecule has 0 atom stereocenters. The van der Waals surface area contributed by atoms with Crippen LogP contribution in [0.1, 0.15) is 32.1 Å². The molecule has 1 aromatic rings. The smallest absolute Gasteiger partial charge is 0.357 e. The summed E-state index contributed by atoms with van der Waals surface area (Å²) in [4.78, 5) is 5.60. The zero-order chi connectivity index (χ0) is 15.9. The molecule has 0 fully saturated rings. The fraction of sp³-hybridized carbons (Fsp3) is 0.643. The van der Waals surface area contributed by atoms with Crippen molar-refractivity contribution in [1.82, 2.24) is 10.6 Å². The van der Waals surface area contributed by atoms with E-state index in [1.807, 2.05) is 24.4 Å². The zero-order valence-corrected chi connectivity index (χ0v) is 16.1. The zero-order valence-electron chi connectivity index (χ0n) is 13.0. The van der Waals surface area contributed by atoms with E-state index in [1.165, 1.54) is 4.88 Å². The van der Waals surface area contributed by atoms with Crippen molar-refractivity contribution in [2.75, 3.05) is 19.6 Å². The summed E-state index contributed by atoms with van der Waals surface area (Å²) in [7, 11) is 0. The first-order valence-electron chi connectivity index (χ1n) is 6.87. The molecule has 0 aromatic carbocycles. The van der Waals surface area contributed by atoms with E-state index in [0.29, 0.717) is 19.0 Å². The van der Waals surface area contributed by atoms with Gasteiger partial charge in [0.1, 0.15) is 0 Å². The topological polar surface area (TPSA) is 36.4 Å². The van der Waals surface area contributed by atoms with E-state index in [-0.39, 0.29) is 35.9 Å². The Kier molecular flexibility index (Phi) is 9.37. The summed E-state index contributed by atoms with van der Waals surface area (Å²) >= 11 is 1.66. The minimum Gasteiger partial charge on any atom is -0.357 e. The van der Waals surface area contributed by atoms with Crippen molar-refractivity contribution in [3.05, 3.63) is 22.4 Å². The Morgan fingerprint density at radius 3 is 2.45 bits per heavy atom. The van der Waals surface area contributed by atoms with Gasteiger partial charge in [-0.15, -0.1) is 35.3 Å². The van der Waals surface area contributed by atoms with Crippen LogP contribution >= 0.6 is 35.3 Å². The average molecular weight is 449 g/mol. The molecule has 8 heteroatoms. The molecule has 0 saturated carbocycles. The maximum absolute atomic E-state index is 12.2. The highest BCUT2D eigenvalue weighted by Gasteiger charge is 2.26. The third-order valence-corrected chi connectivity index (χ3v) is 4.10. The lowest BCUT2D eigenvalue weighted by molar-refractivity contribution is -0.132. The number of nitrogens with zero attached hydrogens (tertiary/aromatic N) is 1. The molecule has 0 saturated heterocycles. The molecule has 0 aliphatic carbocycles. The second-order valence-corrected chi connectivity index (χ2v) is 6.30. The highest BCUT2D eigenvalue weighted by atomic mass is 127. The van der Waals surface area contributed by atoms with Crippen molar-refractivity contribution in [2.45, 2.75) is 38.8 Å². The largest absolute Gasteiger partial charge is 0.390 e. The van der Waals surface area contributed by atoms with Gasteiger partial charge >= 0.3 is 6.18 Å². The Morgan fingerprint density at radius 1 is 1.27 bits per heavy atom. The van der Waals surface area contributed by atoms with Crippen molar-refractivity contribution >= 4 is 41.3 Å². The lowest BCUT2D eigenvalue weighted by Gasteiger charge is -2.22. The number of halogens is 4. The number of hydrogen-bond acceptors (Lipinski definition) is 2. The van der Waals surface area contributed by atoms with Crippen LogP contribution in [-0.2, 0) is 5.41 Å². The van der Waals surface area contributed by atoms with E-state index >= 15 is 0 Å². The van der Waals surface area contributed by atoms with Crippen LogP contribution in [0.4, 0.5) is 13.2 Å². The van der Waals surface area contributed by atoms with Gasteiger partial charge in [0.05, 0.1) is 13.0 Å². The molecule has 0 unspecified atom stereocenters. The van der Waals surface area contributed by atoms with E-state index in [4.69, 9.17) is 0 Å². The van der Waals surface area contributed by atoms with Crippen LogP contribution in [0.25, 0.3) is 0 Å². The fourth-order valence-electron chi connectivity index (χ4n) is 1.68. The van der Waals surface area contributed by atoms with Gasteiger partial charge in [-0.3, -0.25) is 4.99 Å². The molecule has 0 amide bonds. The minimum absolute atomic E-state index is 0. The highest BCUT2D eigenvalue weighted by Crippen LogP contribution is 2.27. The number of nitrogens with one attached hydrogen (secondary N) is 2. The molecule has 1 heterocycles. The maximum Gasteiger partial charge on any atom is 0.390 e. The first kappa shape index (κ1) is 21.5. The Hall–Kier alpha value is -0.510. The van der Waals surface area contributed by atoms with Gasteiger partial charge in [-0.25, -0.2) is 0 Å². The van der Waals surface area contributed by atoms with E-state index in [9.17, 15) is 13.2 Å². The number of alkyl halides is 3. The van der Waals surface area contributed by atoms with Gasteiger partial charge in [-0.05, 0) is 18.4 Å². The third-order valence-electron chi connectivity index (χ3n) is 2.87. The third kappa shape index (κ3) is 8.21. The molecule has 1 rings (SSSR count). The highest BCUT2D eigenvalue weighted by molar-refractivity contribution is 14.0. The van der Waals surface area contributed by atoms with Crippen LogP contribution in [0.3, 0.4) is 0 Å². The fourth-order valence-corrected chi connectivity index (χ4v) is 2.53. The second-order valence-electron chi connectivity index (χ2n) is 5.35. The molecule has 1 aromatic heterocycles. The van der Waals surface area contributed by atoms with Gasteiger partial charge in [0.2, 0.25) is 0 Å². The van der Waals surface area contributed by atoms with Crippen LogP contribution in [0.5, 0.6) is 0 Å². The summed E-state index contributed by atoms with van der Waals surface area (Å²) in [5.41, 5.74) is -0.138. The van der Waals surface area contributed by atoms with Gasteiger partial charge in [0.25, 0.3) is 0 Å². The molecule has 0 bridgehead atoms. The molecule has 3 nitrogen and oxygen atoms in total. The first-order valence-corrected chi connectivity index (χ1v) is 7.75. The second kappa shape index (κ2) is 9.59. The van der Waals surface area contributed by atoms with Crippen molar-refractivity contribution in [1.29, 1.82) is 0 Å². The van der Waals surface area contributed by atoms with E-state index < -0.39 is 12.6 Å². The van der Waals surface area contributed by atoms with Crippen LogP contribution in [-0.4, -0.2) is 31.8 Å². The monoisotopic (exact) mass is 449 g/mol. The van der Waals surface area contributed by atoms with Gasteiger partial charge in [-0.2, -0.15) is 13.2 Å². The van der Waals surface area contributed by atoms with Gasteiger partial charge < -0.3 is 10.6 Å². The Bertz CT molecular complexity index is 445. The molecule has 0 spiro atoms. The summed E-state index contributed by atoms with van der Waals surface area (Å²) in [5.74, 6) is 0.423. The lowest BCUT2D eigenvalue weighted by atomic mass is 9.92. The molecule has 0 aliphatic heterocycles. The molecule has 22 heavy (non-hydrogen) atoms. The lowest BCUT2D eigenvalue weighted by Crippen LogP contribution is -2.39. The van der Waals surface area contributed by atoms with Crippen LogP contribution < -0.4 is 10.6 Å². The number of rotatable bonds is 6. The van der Waals surface area contributed by atoms with Crippen molar-refractivity contribution in [2.24, 2.45) is 4.99 Å². The molecular weight excluding hydrogens is 426 g/mol. The van der Waals surface area contributed by atoms with Crippen molar-refractivity contribution in [3.8, 4) is 0 Å². The summed E-state index contributed by atoms with van der Waals surface area (Å²) in [6.45, 7) is 6.97. The predicted octanol–water partition coefficient (Wildman–Crippen LogP) is 4.15. The van der Waals surface area contributed by atoms with Crippen LogP contribution in [0.15, 0.2) is 22.5 Å². The Morgan fingerprint density at radius 2 is 1.95 bits per heavy atom. The predicted molar refractivity (Wildman–Crippen MR) is 97.4 cm³/mol. The van der Waals surface area contributed by atoms with E-state index in [2.05, 4.69) is 29.5 Å². The quantitative estimate of drug-likeness (QED) is 0.389. The van der Waals surface area contributed by atoms with Crippen LogP contribution in [0, 0.1) is 0 Å². The number of aliphatic imine (C=N–C) groups is 1. The van der Waals surface area contributed by atoms with Crippen molar-refractivity contribution < 1.29 is 13.2 Å². The maximum atomic E-state index is 12.2. The molecular formula is C14H23F3IN3S. The first-order chi connectivity index (χ1) is 9.74. The summed E-state index contributed by atoms with van der Waals surface area (Å²) in [5, 5.41) is 7.69. The van der Waals surface area contributed by atoms with Crippen molar-refractivity contribution in [3.63, 3.8) is 0 Å². The van der Waals surface area contributed by atoms with Gasteiger partial charge in [0.15, 0.2) is 5.96 Å². The van der Waals surface area contributed by atoms with E-state index in [1.54, 1.807) is 11.3 Å². The standard InChI is InChI=1S/C14H22F3N3S.HI/c1-4-18-12(19-8-7-14(15,16)17)20-10-13(2,3)11-6-5-9-21-11;/h5-6,9H,4,7-8,10H2,1-3H3,(H2,18,19,20);1H. The molecule has 2 N–H and O–H groups in total. The normalized spacial score (nSPS) is 12.7. The Balaban J connectivity index is 0.00000441. The minimum atomic E-state index is -4.15. The molecule has 128 valence electrons. The van der Waals surface area contributed by atoms with Crippen LogP contribution in [0.2, 0.25) is 0 Å².